The average Bonchev–Trinajstić information content (AvgIpc) is 1.43. The van der Waals surface area contributed by atoms with Crippen LogP contribution in [0.1, 0.15) is 20.8 Å². The molecule has 0 aromatic rings. The zero-order valence-electron chi connectivity index (χ0n) is 7.67. The highest BCUT2D eigenvalue weighted by Gasteiger charge is 2.34. The molecule has 6 nitrogen and oxygen atoms in total. The van der Waals surface area contributed by atoms with E-state index in [1.54, 1.807) is 0 Å². The van der Waals surface area contributed by atoms with Gasteiger partial charge in [-0.2, -0.15) is 0 Å². The number of hydrogen-bond acceptors (Lipinski definition) is 3. The molecular weight excluding hydrogens is 218 g/mol. The van der Waals surface area contributed by atoms with Crippen LogP contribution in [-0.4, -0.2) is 26.2 Å². The fraction of sp³-hybridized carbons (Fsp3) is 1.00. The van der Waals surface area contributed by atoms with Crippen molar-refractivity contribution in [3.8, 4) is 0 Å². The normalized spacial score (nSPS) is 18.3. The molecule has 0 rings (SSSR count). The van der Waals surface area contributed by atoms with Gasteiger partial charge in [0.1, 0.15) is 0 Å². The number of hydrogen-bond donors (Lipinski definition) is 3. The Balaban J connectivity index is 4.44. The molecule has 1 unspecified atom stereocenters. The molecule has 0 aromatic heterocycles. The van der Waals surface area contributed by atoms with Gasteiger partial charge in [-0.1, -0.05) is 0 Å². The van der Waals surface area contributed by atoms with E-state index in [9.17, 15) is 9.13 Å². The molecule has 3 N–H and O–H groups in total. The second-order valence-corrected chi connectivity index (χ2v) is 7.57. The van der Waals surface area contributed by atoms with E-state index >= 15 is 0 Å². The van der Waals surface area contributed by atoms with Gasteiger partial charge in [0.15, 0.2) is 5.90 Å². The standard InChI is InChI=1S/C5H14O6P2/c1-5(2,3)11-13(9,10)4-12(6,7)8/h4H2,1-3H3,(H,9,10)(H2,6,7,8). The summed E-state index contributed by atoms with van der Waals surface area (Å²) in [6.07, 6.45) is 0. The summed E-state index contributed by atoms with van der Waals surface area (Å²) in [5, 5.41) is 0. The third-order valence-corrected chi connectivity index (χ3v) is 4.52. The maximum absolute atomic E-state index is 11.1. The quantitative estimate of drug-likeness (QED) is 0.630. The predicted octanol–water partition coefficient (Wildman–Crippen LogP) is 1.12. The summed E-state index contributed by atoms with van der Waals surface area (Å²) in [4.78, 5) is 25.9. The fourth-order valence-corrected chi connectivity index (χ4v) is 3.64. The molecule has 13 heavy (non-hydrogen) atoms. The molecular formula is C5H14O6P2. The molecule has 0 spiro atoms. The Labute approximate surface area is 76.6 Å². The van der Waals surface area contributed by atoms with Gasteiger partial charge in [0, 0.05) is 0 Å². The second-order valence-electron chi connectivity index (χ2n) is 3.65. The Morgan fingerprint density at radius 3 is 1.77 bits per heavy atom. The summed E-state index contributed by atoms with van der Waals surface area (Å²) >= 11 is 0. The highest BCUT2D eigenvalue weighted by molar-refractivity contribution is 7.70. The van der Waals surface area contributed by atoms with E-state index in [0.717, 1.165) is 0 Å². The summed E-state index contributed by atoms with van der Waals surface area (Å²) in [7, 11) is -8.71. The first-order valence-electron chi connectivity index (χ1n) is 3.48. The van der Waals surface area contributed by atoms with Crippen molar-refractivity contribution in [2.24, 2.45) is 0 Å². The van der Waals surface area contributed by atoms with E-state index in [0.29, 0.717) is 0 Å². The predicted molar refractivity (Wildman–Crippen MR) is 47.6 cm³/mol. The van der Waals surface area contributed by atoms with Crippen molar-refractivity contribution in [2.75, 3.05) is 5.90 Å². The Morgan fingerprint density at radius 2 is 1.54 bits per heavy atom. The summed E-state index contributed by atoms with van der Waals surface area (Å²) in [6, 6.07) is 0. The summed E-state index contributed by atoms with van der Waals surface area (Å²) in [6.45, 7) is 4.57. The minimum atomic E-state index is -4.51. The van der Waals surface area contributed by atoms with Crippen LogP contribution in [0.5, 0.6) is 0 Å². The summed E-state index contributed by atoms with van der Waals surface area (Å²) in [5.41, 5.74) is -0.903. The van der Waals surface area contributed by atoms with E-state index < -0.39 is 26.7 Å². The van der Waals surface area contributed by atoms with Crippen molar-refractivity contribution in [2.45, 2.75) is 26.4 Å². The van der Waals surface area contributed by atoms with Gasteiger partial charge in [0.25, 0.3) is 0 Å². The van der Waals surface area contributed by atoms with Crippen LogP contribution in [0.25, 0.3) is 0 Å². The Hall–Kier alpha value is 0.300. The largest absolute Gasteiger partial charge is 0.340 e. The summed E-state index contributed by atoms with van der Waals surface area (Å²) in [5.74, 6) is -1.14. The first kappa shape index (κ1) is 13.3. The molecule has 0 fully saturated rings. The van der Waals surface area contributed by atoms with Crippen LogP contribution in [0.2, 0.25) is 0 Å². The minimum Gasteiger partial charge on any atom is -0.324 e. The zero-order valence-corrected chi connectivity index (χ0v) is 9.46. The van der Waals surface area contributed by atoms with Crippen LogP contribution in [0, 0.1) is 0 Å². The van der Waals surface area contributed by atoms with Crippen LogP contribution in [0.4, 0.5) is 0 Å². The highest BCUT2D eigenvalue weighted by atomic mass is 31.2. The molecule has 80 valence electrons. The van der Waals surface area contributed by atoms with Crippen LogP contribution in [0.15, 0.2) is 0 Å². The molecule has 0 amide bonds. The third-order valence-electron chi connectivity index (χ3n) is 0.779. The van der Waals surface area contributed by atoms with Gasteiger partial charge in [0.2, 0.25) is 0 Å². The first-order valence-corrected chi connectivity index (χ1v) is 7.04. The van der Waals surface area contributed by atoms with Crippen molar-refractivity contribution in [1.29, 1.82) is 0 Å². The maximum Gasteiger partial charge on any atom is 0.340 e. The molecule has 0 bridgehead atoms. The SMILES string of the molecule is CC(C)(C)OP(=O)(O)CP(=O)(O)O. The van der Waals surface area contributed by atoms with Gasteiger partial charge in [-0.3, -0.25) is 9.13 Å². The lowest BCUT2D eigenvalue weighted by atomic mass is 10.2. The minimum absolute atomic E-state index is 0.903. The van der Waals surface area contributed by atoms with Gasteiger partial charge in [-0.25, -0.2) is 0 Å². The van der Waals surface area contributed by atoms with Crippen molar-refractivity contribution >= 4 is 15.2 Å². The Bertz CT molecular complexity index is 261. The zero-order chi connectivity index (χ0) is 10.9. The van der Waals surface area contributed by atoms with Gasteiger partial charge in [-0.15, -0.1) is 0 Å². The topological polar surface area (TPSA) is 104 Å². The smallest absolute Gasteiger partial charge is 0.324 e. The highest BCUT2D eigenvalue weighted by Crippen LogP contribution is 2.57. The molecule has 0 saturated carbocycles. The van der Waals surface area contributed by atoms with Crippen molar-refractivity contribution in [3.63, 3.8) is 0 Å². The van der Waals surface area contributed by atoms with Crippen LogP contribution in [-0.2, 0) is 13.7 Å². The third kappa shape index (κ3) is 8.63. The van der Waals surface area contributed by atoms with E-state index in [1.165, 1.54) is 20.8 Å². The van der Waals surface area contributed by atoms with E-state index in [4.69, 9.17) is 14.7 Å². The van der Waals surface area contributed by atoms with E-state index in [-0.39, 0.29) is 0 Å². The molecule has 0 aliphatic heterocycles. The molecule has 0 aliphatic carbocycles. The molecule has 0 aromatic carbocycles. The molecule has 0 radical (unpaired) electrons. The van der Waals surface area contributed by atoms with Crippen LogP contribution in [0.3, 0.4) is 0 Å². The van der Waals surface area contributed by atoms with E-state index in [2.05, 4.69) is 4.52 Å². The van der Waals surface area contributed by atoms with Gasteiger partial charge in [-0.05, 0) is 20.8 Å². The molecule has 0 heterocycles. The molecule has 1 atom stereocenters. The Kier molecular flexibility index (Phi) is 3.90. The van der Waals surface area contributed by atoms with Crippen LogP contribution >= 0.6 is 15.2 Å². The monoisotopic (exact) mass is 232 g/mol. The lowest BCUT2D eigenvalue weighted by Gasteiger charge is -2.23. The average molecular weight is 232 g/mol. The van der Waals surface area contributed by atoms with Gasteiger partial charge >= 0.3 is 15.2 Å². The number of rotatable bonds is 3. The molecule has 0 aliphatic rings. The summed E-state index contributed by atoms with van der Waals surface area (Å²) < 4.78 is 26.1. The maximum atomic E-state index is 11.1. The van der Waals surface area contributed by atoms with Gasteiger partial charge < -0.3 is 19.2 Å². The fourth-order valence-electron chi connectivity index (χ4n) is 0.690. The molecule has 8 heteroatoms. The molecule has 0 saturated heterocycles. The lowest BCUT2D eigenvalue weighted by molar-refractivity contribution is 0.112. The van der Waals surface area contributed by atoms with Gasteiger partial charge in [0.05, 0.1) is 5.60 Å². The van der Waals surface area contributed by atoms with Crippen molar-refractivity contribution in [1.82, 2.24) is 0 Å². The van der Waals surface area contributed by atoms with Crippen LogP contribution < -0.4 is 0 Å². The second kappa shape index (κ2) is 3.81. The van der Waals surface area contributed by atoms with Crippen molar-refractivity contribution < 1.29 is 28.3 Å². The first-order chi connectivity index (χ1) is 5.41. The lowest BCUT2D eigenvalue weighted by Crippen LogP contribution is -2.18. The Morgan fingerprint density at radius 1 is 1.15 bits per heavy atom. The van der Waals surface area contributed by atoms with Crippen molar-refractivity contribution in [3.05, 3.63) is 0 Å². The van der Waals surface area contributed by atoms with E-state index in [1.807, 2.05) is 0 Å².